The summed E-state index contributed by atoms with van der Waals surface area (Å²) >= 11 is 0. The number of carbonyl (C=O) groups is 2. The normalized spacial score (nSPS) is 22.2. The number of fused-ring (bicyclic) bond motifs is 2. The quantitative estimate of drug-likeness (QED) is 0.365. The molecule has 194 valence electrons. The average molecular weight is 507 g/mol. The molecule has 0 bridgehead atoms. The van der Waals surface area contributed by atoms with Gasteiger partial charge in [-0.3, -0.25) is 4.79 Å². The second-order valence-corrected chi connectivity index (χ2v) is 12.5. The van der Waals surface area contributed by atoms with Gasteiger partial charge in [0.25, 0.3) is 0 Å². The molecule has 6 rings (SSSR count). The molecule has 3 aromatic rings. The number of esters is 1. The number of rotatable bonds is 2. The first-order valence-corrected chi connectivity index (χ1v) is 13.3. The molecule has 38 heavy (non-hydrogen) atoms. The highest BCUT2D eigenvalue weighted by atomic mass is 16.6. The summed E-state index contributed by atoms with van der Waals surface area (Å²) in [6.07, 6.45) is 0.562. The first kappa shape index (κ1) is 24.5. The first-order chi connectivity index (χ1) is 18.0. The summed E-state index contributed by atoms with van der Waals surface area (Å²) in [7, 11) is 0. The van der Waals surface area contributed by atoms with E-state index < -0.39 is 12.3 Å². The van der Waals surface area contributed by atoms with E-state index in [4.69, 9.17) is 4.74 Å². The summed E-state index contributed by atoms with van der Waals surface area (Å²) in [6.45, 7) is 10.9. The number of Topliss-reactive ketones (excluding diaryl/α,β-unsaturated/α-hetero) is 1. The molecule has 1 N–H and O–H groups in total. The standard InChI is InChI=1S/C33H34N2O3/c1-32(2,3)21-16-14-20(15-17-21)29-28-25(18-33(4,5)19-27(28)36)34-24-12-8-9-13-26(24)35(29)30-22-10-6-7-11-23(22)31(37)38-30/h6-17,29-30,34H,18-19H2,1-5H3/t29-,30+/m1/s1. The fourth-order valence-electron chi connectivity index (χ4n) is 6.10. The zero-order valence-electron chi connectivity index (χ0n) is 22.7. The van der Waals surface area contributed by atoms with Crippen molar-refractivity contribution in [2.45, 2.75) is 65.1 Å². The Balaban J connectivity index is 1.62. The number of hydrogen-bond acceptors (Lipinski definition) is 5. The molecule has 0 amide bonds. The Morgan fingerprint density at radius 3 is 2.32 bits per heavy atom. The molecule has 0 saturated carbocycles. The zero-order valence-corrected chi connectivity index (χ0v) is 22.7. The van der Waals surface area contributed by atoms with Crippen molar-refractivity contribution in [1.82, 2.24) is 0 Å². The summed E-state index contributed by atoms with van der Waals surface area (Å²) < 4.78 is 6.09. The van der Waals surface area contributed by atoms with Crippen molar-refractivity contribution in [1.29, 1.82) is 0 Å². The highest BCUT2D eigenvalue weighted by Gasteiger charge is 2.46. The second-order valence-electron chi connectivity index (χ2n) is 12.5. The number of allylic oxidation sites excluding steroid dienone is 1. The number of ketones is 1. The topological polar surface area (TPSA) is 58.6 Å². The number of hydrogen-bond donors (Lipinski definition) is 1. The Bertz CT molecular complexity index is 1480. The van der Waals surface area contributed by atoms with Gasteiger partial charge in [0.05, 0.1) is 23.0 Å². The van der Waals surface area contributed by atoms with Crippen LogP contribution in [0.25, 0.3) is 0 Å². The highest BCUT2D eigenvalue weighted by molar-refractivity contribution is 6.02. The Labute approximate surface area is 224 Å². The molecule has 2 aliphatic heterocycles. The Morgan fingerprint density at radius 1 is 0.895 bits per heavy atom. The van der Waals surface area contributed by atoms with E-state index in [0.717, 1.165) is 40.2 Å². The molecule has 0 saturated heterocycles. The van der Waals surface area contributed by atoms with Crippen LogP contribution < -0.4 is 10.2 Å². The number of nitrogens with one attached hydrogen (secondary N) is 1. The Morgan fingerprint density at radius 2 is 1.58 bits per heavy atom. The second kappa shape index (κ2) is 8.59. The van der Waals surface area contributed by atoms with Gasteiger partial charge in [-0.05, 0) is 46.6 Å². The van der Waals surface area contributed by atoms with Crippen molar-refractivity contribution in [2.24, 2.45) is 5.41 Å². The monoisotopic (exact) mass is 506 g/mol. The average Bonchev–Trinajstić information content (AvgIpc) is 3.11. The highest BCUT2D eigenvalue weighted by Crippen LogP contribution is 2.52. The first-order valence-electron chi connectivity index (χ1n) is 13.3. The van der Waals surface area contributed by atoms with E-state index in [2.05, 4.69) is 69.1 Å². The largest absolute Gasteiger partial charge is 0.433 e. The number of benzene rings is 3. The lowest BCUT2D eigenvalue weighted by Gasteiger charge is -2.40. The van der Waals surface area contributed by atoms with E-state index >= 15 is 0 Å². The Hall–Kier alpha value is -3.86. The van der Waals surface area contributed by atoms with Crippen molar-refractivity contribution < 1.29 is 14.3 Å². The lowest BCUT2D eigenvalue weighted by molar-refractivity contribution is -0.118. The minimum absolute atomic E-state index is 0.00482. The molecule has 0 fully saturated rings. The lowest BCUT2D eigenvalue weighted by Crippen LogP contribution is -2.38. The van der Waals surface area contributed by atoms with E-state index in [-0.39, 0.29) is 22.6 Å². The number of cyclic esters (lactones) is 1. The van der Waals surface area contributed by atoms with Crippen LogP contribution in [-0.4, -0.2) is 11.8 Å². The SMILES string of the molecule is CC1(C)CC(=O)C2=C(C1)Nc1ccccc1N([C@H]1OC(=O)c3ccccc31)[C@@H]2c1ccc(C(C)(C)C)cc1. The van der Waals surface area contributed by atoms with Crippen LogP contribution in [0.15, 0.2) is 84.1 Å². The fourth-order valence-corrected chi connectivity index (χ4v) is 6.10. The molecule has 5 heteroatoms. The molecule has 0 spiro atoms. The van der Waals surface area contributed by atoms with Crippen LogP contribution in [0, 0.1) is 5.41 Å². The molecule has 5 nitrogen and oxygen atoms in total. The van der Waals surface area contributed by atoms with Crippen LogP contribution in [0.3, 0.4) is 0 Å². The van der Waals surface area contributed by atoms with Gasteiger partial charge in [-0.25, -0.2) is 4.79 Å². The number of carbonyl (C=O) groups excluding carboxylic acids is 2. The summed E-state index contributed by atoms with van der Waals surface area (Å²) in [5.74, 6) is -0.212. The molecule has 2 heterocycles. The van der Waals surface area contributed by atoms with E-state index in [1.807, 2.05) is 48.5 Å². The fraction of sp³-hybridized carbons (Fsp3) is 0.333. The lowest BCUT2D eigenvalue weighted by atomic mass is 9.73. The van der Waals surface area contributed by atoms with Crippen molar-refractivity contribution in [2.75, 3.05) is 10.2 Å². The molecule has 1 aliphatic carbocycles. The smallest absolute Gasteiger partial charge is 0.340 e. The van der Waals surface area contributed by atoms with Gasteiger partial charge in [0.15, 0.2) is 5.78 Å². The van der Waals surface area contributed by atoms with E-state index in [1.165, 1.54) is 5.56 Å². The van der Waals surface area contributed by atoms with Crippen LogP contribution in [0.2, 0.25) is 0 Å². The molecular formula is C33H34N2O3. The van der Waals surface area contributed by atoms with Crippen molar-refractivity contribution in [3.05, 3.63) is 106 Å². The van der Waals surface area contributed by atoms with Gasteiger partial charge < -0.3 is 15.0 Å². The van der Waals surface area contributed by atoms with E-state index in [9.17, 15) is 9.59 Å². The molecule has 3 aliphatic rings. The zero-order chi connectivity index (χ0) is 26.8. The Kier molecular flexibility index (Phi) is 5.53. The molecule has 0 aromatic heterocycles. The van der Waals surface area contributed by atoms with Gasteiger partial charge in [-0.15, -0.1) is 0 Å². The third-order valence-corrected chi connectivity index (χ3v) is 7.95. The number of nitrogens with zero attached hydrogens (tertiary/aromatic N) is 1. The predicted molar refractivity (Wildman–Crippen MR) is 150 cm³/mol. The predicted octanol–water partition coefficient (Wildman–Crippen LogP) is 7.47. The van der Waals surface area contributed by atoms with Gasteiger partial charge in [0.1, 0.15) is 0 Å². The van der Waals surface area contributed by atoms with Crippen LogP contribution >= 0.6 is 0 Å². The van der Waals surface area contributed by atoms with Crippen molar-refractivity contribution in [3.63, 3.8) is 0 Å². The van der Waals surface area contributed by atoms with E-state index in [0.29, 0.717) is 12.0 Å². The third-order valence-electron chi connectivity index (χ3n) is 7.95. The number of para-hydroxylation sites is 2. The molecule has 0 radical (unpaired) electrons. The molecule has 3 aromatic carbocycles. The number of anilines is 2. The summed E-state index contributed by atoms with van der Waals surface area (Å²) in [6, 6.07) is 23.8. The van der Waals surface area contributed by atoms with E-state index in [1.54, 1.807) is 0 Å². The maximum absolute atomic E-state index is 14.0. The number of ether oxygens (including phenoxy) is 1. The van der Waals surface area contributed by atoms with Crippen LogP contribution in [0.5, 0.6) is 0 Å². The van der Waals surface area contributed by atoms with Crippen LogP contribution in [0.1, 0.15) is 86.8 Å². The molecular weight excluding hydrogens is 472 g/mol. The van der Waals surface area contributed by atoms with Crippen molar-refractivity contribution >= 4 is 23.1 Å². The molecule has 2 atom stereocenters. The summed E-state index contributed by atoms with van der Waals surface area (Å²) in [4.78, 5) is 29.1. The van der Waals surface area contributed by atoms with Crippen molar-refractivity contribution in [3.8, 4) is 0 Å². The van der Waals surface area contributed by atoms with Gasteiger partial charge in [-0.1, -0.05) is 89.2 Å². The van der Waals surface area contributed by atoms with Gasteiger partial charge in [0.2, 0.25) is 6.23 Å². The summed E-state index contributed by atoms with van der Waals surface area (Å²) in [5.41, 5.74) is 6.96. The van der Waals surface area contributed by atoms with Gasteiger partial charge >= 0.3 is 5.97 Å². The van der Waals surface area contributed by atoms with Crippen LogP contribution in [0.4, 0.5) is 11.4 Å². The van der Waals surface area contributed by atoms with Crippen LogP contribution in [-0.2, 0) is 14.9 Å². The molecule has 0 unspecified atom stereocenters. The third kappa shape index (κ3) is 4.01. The minimum atomic E-state index is -0.663. The summed E-state index contributed by atoms with van der Waals surface area (Å²) in [5, 5.41) is 3.65. The maximum atomic E-state index is 14.0. The van der Waals surface area contributed by atoms with Gasteiger partial charge in [0, 0.05) is 23.3 Å². The minimum Gasteiger partial charge on any atom is -0.433 e. The van der Waals surface area contributed by atoms with Gasteiger partial charge in [-0.2, -0.15) is 0 Å². The maximum Gasteiger partial charge on any atom is 0.340 e.